The zero-order valence-electron chi connectivity index (χ0n) is 7.69. The van der Waals surface area contributed by atoms with Crippen LogP contribution in [-0.2, 0) is 9.53 Å². The average Bonchev–Trinajstić information content (AvgIpc) is 2.49. The Morgan fingerprint density at radius 1 is 1.38 bits per heavy atom. The Morgan fingerprint density at radius 3 is 2.62 bits per heavy atom. The van der Waals surface area contributed by atoms with Gasteiger partial charge in [-0.2, -0.15) is 5.10 Å². The lowest BCUT2D eigenvalue weighted by molar-refractivity contribution is -0.127. The summed E-state index contributed by atoms with van der Waals surface area (Å²) in [4.78, 5) is 13.3. The van der Waals surface area contributed by atoms with E-state index in [0.29, 0.717) is 6.42 Å². The Labute approximate surface area is 76.9 Å². The zero-order valence-corrected chi connectivity index (χ0v) is 7.69. The lowest BCUT2D eigenvalue weighted by atomic mass is 10.3. The molecule has 1 fully saturated rings. The van der Waals surface area contributed by atoms with E-state index in [1.165, 1.54) is 5.01 Å². The van der Waals surface area contributed by atoms with Crippen molar-refractivity contribution in [3.05, 3.63) is 0 Å². The molecule has 5 heteroatoms. The molecule has 0 aromatic carbocycles. The highest BCUT2D eigenvalue weighted by Gasteiger charge is 2.25. The van der Waals surface area contributed by atoms with E-state index in [-0.39, 0.29) is 5.91 Å². The first kappa shape index (κ1) is 8.50. The third-order valence-corrected chi connectivity index (χ3v) is 2.31. The molecule has 0 bridgehead atoms. The van der Waals surface area contributed by atoms with Gasteiger partial charge in [-0.15, -0.1) is 0 Å². The summed E-state index contributed by atoms with van der Waals surface area (Å²) in [5.74, 6) is 0.956. The molecular weight excluding hydrogens is 170 g/mol. The Balaban J connectivity index is 2.00. The summed E-state index contributed by atoms with van der Waals surface area (Å²) in [7, 11) is 1.69. The first-order valence-corrected chi connectivity index (χ1v) is 4.44. The number of amidine groups is 1. The van der Waals surface area contributed by atoms with Crippen molar-refractivity contribution >= 4 is 11.7 Å². The molecule has 0 aromatic rings. The number of carbonyl (C=O) groups excluding carboxylic acids is 1. The minimum atomic E-state index is 0.0708. The lowest BCUT2D eigenvalue weighted by Crippen LogP contribution is -2.40. The molecule has 0 atom stereocenters. The third-order valence-electron chi connectivity index (χ3n) is 2.31. The van der Waals surface area contributed by atoms with E-state index in [2.05, 4.69) is 10.0 Å². The van der Waals surface area contributed by atoms with Gasteiger partial charge in [0.25, 0.3) is 0 Å². The van der Waals surface area contributed by atoms with Gasteiger partial charge in [0.2, 0.25) is 5.91 Å². The molecule has 0 saturated carbocycles. The van der Waals surface area contributed by atoms with E-state index in [4.69, 9.17) is 4.74 Å². The topological polar surface area (TPSA) is 45.1 Å². The molecular formula is C8H13N3O2. The molecule has 2 heterocycles. The Morgan fingerprint density at radius 2 is 2.08 bits per heavy atom. The second kappa shape index (κ2) is 3.33. The van der Waals surface area contributed by atoms with Gasteiger partial charge in [0.1, 0.15) is 5.84 Å². The SMILES string of the molecule is CN1N=C(N2CCOCC2)CC1=O. The normalized spacial score (nSPS) is 23.8. The molecule has 1 saturated heterocycles. The number of rotatable bonds is 0. The van der Waals surface area contributed by atoms with Crippen molar-refractivity contribution < 1.29 is 9.53 Å². The number of ether oxygens (including phenoxy) is 1. The molecule has 0 unspecified atom stereocenters. The van der Waals surface area contributed by atoms with E-state index < -0.39 is 0 Å². The number of morpholine rings is 1. The van der Waals surface area contributed by atoms with Gasteiger partial charge in [0.15, 0.2) is 0 Å². The molecule has 5 nitrogen and oxygen atoms in total. The highest BCUT2D eigenvalue weighted by molar-refractivity contribution is 6.03. The maximum atomic E-state index is 11.2. The number of carbonyl (C=O) groups is 1. The van der Waals surface area contributed by atoms with Crippen molar-refractivity contribution in [1.82, 2.24) is 9.91 Å². The summed E-state index contributed by atoms with van der Waals surface area (Å²) >= 11 is 0. The van der Waals surface area contributed by atoms with Gasteiger partial charge < -0.3 is 9.64 Å². The van der Waals surface area contributed by atoms with Crippen molar-refractivity contribution in [2.75, 3.05) is 33.4 Å². The van der Waals surface area contributed by atoms with E-state index in [9.17, 15) is 4.79 Å². The predicted molar refractivity (Wildman–Crippen MR) is 47.2 cm³/mol. The second-order valence-electron chi connectivity index (χ2n) is 3.21. The zero-order chi connectivity index (χ0) is 9.26. The van der Waals surface area contributed by atoms with E-state index >= 15 is 0 Å². The summed E-state index contributed by atoms with van der Waals surface area (Å²) in [6.07, 6.45) is 0.441. The molecule has 2 aliphatic heterocycles. The van der Waals surface area contributed by atoms with E-state index in [1.807, 2.05) is 0 Å². The second-order valence-corrected chi connectivity index (χ2v) is 3.21. The van der Waals surface area contributed by atoms with E-state index in [0.717, 1.165) is 32.1 Å². The monoisotopic (exact) mass is 183 g/mol. The highest BCUT2D eigenvalue weighted by Crippen LogP contribution is 2.10. The highest BCUT2D eigenvalue weighted by atomic mass is 16.5. The minimum absolute atomic E-state index is 0.0708. The van der Waals surface area contributed by atoms with Gasteiger partial charge in [-0.25, -0.2) is 5.01 Å². The van der Waals surface area contributed by atoms with Crippen LogP contribution in [0.1, 0.15) is 6.42 Å². The van der Waals surface area contributed by atoms with Crippen LogP contribution in [0.2, 0.25) is 0 Å². The first-order chi connectivity index (χ1) is 6.27. The van der Waals surface area contributed by atoms with Gasteiger partial charge in [-0.05, 0) is 0 Å². The van der Waals surface area contributed by atoms with E-state index in [1.54, 1.807) is 7.05 Å². The van der Waals surface area contributed by atoms with Crippen LogP contribution in [0.5, 0.6) is 0 Å². The van der Waals surface area contributed by atoms with Gasteiger partial charge in [0, 0.05) is 20.1 Å². The van der Waals surface area contributed by atoms with Crippen LogP contribution in [0.3, 0.4) is 0 Å². The molecule has 1 amide bonds. The van der Waals surface area contributed by atoms with Crippen molar-refractivity contribution in [2.45, 2.75) is 6.42 Å². The number of hydrazone groups is 1. The number of hydrogen-bond donors (Lipinski definition) is 0. The van der Waals surface area contributed by atoms with Gasteiger partial charge in [-0.3, -0.25) is 4.79 Å². The van der Waals surface area contributed by atoms with Crippen molar-refractivity contribution in [3.8, 4) is 0 Å². The maximum absolute atomic E-state index is 11.2. The van der Waals surface area contributed by atoms with Crippen LogP contribution >= 0.6 is 0 Å². The average molecular weight is 183 g/mol. The Bertz CT molecular complexity index is 246. The molecule has 2 aliphatic rings. The summed E-state index contributed by atoms with van der Waals surface area (Å²) in [5.41, 5.74) is 0. The van der Waals surface area contributed by atoms with Crippen LogP contribution in [0.25, 0.3) is 0 Å². The summed E-state index contributed by atoms with van der Waals surface area (Å²) in [5, 5.41) is 5.57. The quantitative estimate of drug-likeness (QED) is 0.508. The van der Waals surface area contributed by atoms with Gasteiger partial charge in [-0.1, -0.05) is 0 Å². The fourth-order valence-electron chi connectivity index (χ4n) is 1.51. The number of nitrogens with zero attached hydrogens (tertiary/aromatic N) is 3. The Hall–Kier alpha value is -1.10. The van der Waals surface area contributed by atoms with Crippen molar-refractivity contribution in [2.24, 2.45) is 5.10 Å². The van der Waals surface area contributed by atoms with Crippen LogP contribution < -0.4 is 0 Å². The summed E-state index contributed by atoms with van der Waals surface area (Å²) < 4.78 is 5.22. The van der Waals surface area contributed by atoms with Crippen molar-refractivity contribution in [3.63, 3.8) is 0 Å². The fourth-order valence-corrected chi connectivity index (χ4v) is 1.51. The molecule has 72 valence electrons. The standard InChI is InChI=1S/C8H13N3O2/c1-10-8(12)6-7(9-10)11-2-4-13-5-3-11/h2-6H2,1H3. The van der Waals surface area contributed by atoms with Crippen molar-refractivity contribution in [1.29, 1.82) is 0 Å². The molecule has 2 rings (SSSR count). The van der Waals surface area contributed by atoms with Crippen LogP contribution in [-0.4, -0.2) is 55.0 Å². The summed E-state index contributed by atoms with van der Waals surface area (Å²) in [6.45, 7) is 3.16. The van der Waals surface area contributed by atoms with Gasteiger partial charge in [0.05, 0.1) is 19.6 Å². The number of amides is 1. The smallest absolute Gasteiger partial charge is 0.250 e. The largest absolute Gasteiger partial charge is 0.378 e. The number of hydrogen-bond acceptors (Lipinski definition) is 4. The maximum Gasteiger partial charge on any atom is 0.250 e. The lowest BCUT2D eigenvalue weighted by Gasteiger charge is -2.27. The summed E-state index contributed by atoms with van der Waals surface area (Å²) in [6, 6.07) is 0. The van der Waals surface area contributed by atoms with Gasteiger partial charge >= 0.3 is 0 Å². The molecule has 0 radical (unpaired) electrons. The van der Waals surface area contributed by atoms with Crippen LogP contribution in [0.15, 0.2) is 5.10 Å². The van der Waals surface area contributed by atoms with Crippen LogP contribution in [0, 0.1) is 0 Å². The third kappa shape index (κ3) is 1.65. The Kier molecular flexibility index (Phi) is 2.18. The predicted octanol–water partition coefficient (Wildman–Crippen LogP) is -0.506. The first-order valence-electron chi connectivity index (χ1n) is 4.44. The fraction of sp³-hybridized carbons (Fsp3) is 0.750. The molecule has 0 aliphatic carbocycles. The molecule has 13 heavy (non-hydrogen) atoms. The van der Waals surface area contributed by atoms with Crippen LogP contribution in [0.4, 0.5) is 0 Å². The molecule has 0 spiro atoms. The minimum Gasteiger partial charge on any atom is -0.378 e. The molecule has 0 aromatic heterocycles. The molecule has 0 N–H and O–H groups in total.